The van der Waals surface area contributed by atoms with Crippen LogP contribution >= 0.6 is 23.2 Å². The van der Waals surface area contributed by atoms with Crippen LogP contribution in [0.15, 0.2) is 41.4 Å². The Morgan fingerprint density at radius 2 is 1.68 bits per heavy atom. The van der Waals surface area contributed by atoms with Gasteiger partial charge in [-0.1, -0.05) is 35.3 Å². The van der Waals surface area contributed by atoms with Crippen molar-refractivity contribution in [2.24, 2.45) is 0 Å². The van der Waals surface area contributed by atoms with Crippen molar-refractivity contribution < 1.29 is 15.3 Å². The molecule has 2 aromatic carbocycles. The highest BCUT2D eigenvalue weighted by molar-refractivity contribution is 6.31. The van der Waals surface area contributed by atoms with Crippen molar-refractivity contribution in [3.8, 4) is 17.2 Å². The Kier molecular flexibility index (Phi) is 5.22. The predicted molar refractivity (Wildman–Crippen MR) is 89.0 cm³/mol. The molecule has 0 aliphatic heterocycles. The van der Waals surface area contributed by atoms with Crippen LogP contribution in [-0.4, -0.2) is 15.3 Å². The molecule has 0 saturated heterocycles. The van der Waals surface area contributed by atoms with Gasteiger partial charge in [-0.25, -0.2) is 0 Å². The summed E-state index contributed by atoms with van der Waals surface area (Å²) in [6.45, 7) is 1.87. The Morgan fingerprint density at radius 1 is 1.05 bits per heavy atom. The Bertz CT molecular complexity index is 704. The monoisotopic (exact) mass is 338 g/mol. The van der Waals surface area contributed by atoms with Gasteiger partial charge in [0.2, 0.25) is 0 Å². The summed E-state index contributed by atoms with van der Waals surface area (Å²) in [4.78, 5) is 0. The van der Waals surface area contributed by atoms with Gasteiger partial charge in [-0.05, 0) is 48.2 Å². The van der Waals surface area contributed by atoms with Gasteiger partial charge in [-0.2, -0.15) is 0 Å². The van der Waals surface area contributed by atoms with E-state index in [-0.39, 0.29) is 17.2 Å². The van der Waals surface area contributed by atoms with Gasteiger partial charge in [0.05, 0.1) is 0 Å². The summed E-state index contributed by atoms with van der Waals surface area (Å²) >= 11 is 12.1. The lowest BCUT2D eigenvalue weighted by Crippen LogP contribution is -1.89. The number of hydrogen-bond acceptors (Lipinski definition) is 3. The Labute approximate surface area is 139 Å². The molecular formula is C17H16Cl2O3. The number of benzene rings is 2. The molecule has 116 valence electrons. The zero-order valence-corrected chi connectivity index (χ0v) is 13.5. The molecule has 0 aliphatic rings. The molecular weight excluding hydrogens is 323 g/mol. The summed E-state index contributed by atoms with van der Waals surface area (Å²) in [6, 6.07) is 7.68. The van der Waals surface area contributed by atoms with Crippen molar-refractivity contribution >= 4 is 23.2 Å². The number of hydrogen-bond donors (Lipinski definition) is 3. The molecule has 3 nitrogen and oxygen atoms in total. The SMILES string of the molecule is Cc1cc(C/C=C(/Cl)Cc2cc(O)cc(O)c2)c(O)cc1Cl. The summed E-state index contributed by atoms with van der Waals surface area (Å²) in [7, 11) is 0. The Balaban J connectivity index is 2.11. The van der Waals surface area contributed by atoms with Crippen LogP contribution in [0.25, 0.3) is 0 Å². The first kappa shape index (κ1) is 16.5. The van der Waals surface area contributed by atoms with Gasteiger partial charge in [-0.3, -0.25) is 0 Å². The van der Waals surface area contributed by atoms with Gasteiger partial charge in [0.15, 0.2) is 0 Å². The molecule has 0 amide bonds. The van der Waals surface area contributed by atoms with Gasteiger partial charge in [0, 0.05) is 22.5 Å². The molecule has 0 spiro atoms. The quantitative estimate of drug-likeness (QED) is 0.758. The van der Waals surface area contributed by atoms with Gasteiger partial charge in [0.25, 0.3) is 0 Å². The largest absolute Gasteiger partial charge is 0.508 e. The van der Waals surface area contributed by atoms with Crippen molar-refractivity contribution in [2.45, 2.75) is 19.8 Å². The molecule has 0 bridgehead atoms. The number of phenolic OH excluding ortho intramolecular Hbond substituents is 3. The number of halogens is 2. The van der Waals surface area contributed by atoms with Crippen LogP contribution in [0.5, 0.6) is 17.2 Å². The molecule has 0 heterocycles. The van der Waals surface area contributed by atoms with E-state index < -0.39 is 0 Å². The maximum Gasteiger partial charge on any atom is 0.120 e. The third kappa shape index (κ3) is 4.33. The summed E-state index contributed by atoms with van der Waals surface area (Å²) in [5.41, 5.74) is 2.32. The van der Waals surface area contributed by atoms with Crippen molar-refractivity contribution in [2.75, 3.05) is 0 Å². The summed E-state index contributed by atoms with van der Waals surface area (Å²) in [5.74, 6) is 0.113. The van der Waals surface area contributed by atoms with Crippen LogP contribution in [-0.2, 0) is 12.8 Å². The van der Waals surface area contributed by atoms with Gasteiger partial charge in [-0.15, -0.1) is 0 Å². The van der Waals surface area contributed by atoms with Crippen molar-refractivity contribution in [1.82, 2.24) is 0 Å². The molecule has 22 heavy (non-hydrogen) atoms. The van der Waals surface area contributed by atoms with E-state index in [0.717, 1.165) is 11.1 Å². The number of aromatic hydroxyl groups is 3. The molecule has 0 fully saturated rings. The molecule has 2 rings (SSSR count). The van der Waals surface area contributed by atoms with E-state index in [9.17, 15) is 15.3 Å². The average molecular weight is 339 g/mol. The zero-order valence-electron chi connectivity index (χ0n) is 12.0. The molecule has 5 heteroatoms. The minimum absolute atomic E-state index is 0.00885. The standard InChI is InChI=1S/C17H16Cl2O3/c1-10-4-12(17(22)9-16(10)19)2-3-13(18)5-11-6-14(20)8-15(21)7-11/h3-4,6-9,20-22H,2,5H2,1H3/b13-3+. The number of rotatable bonds is 4. The van der Waals surface area contributed by atoms with Crippen molar-refractivity contribution in [1.29, 1.82) is 0 Å². The lowest BCUT2D eigenvalue weighted by atomic mass is 10.1. The van der Waals surface area contributed by atoms with Crippen LogP contribution in [0, 0.1) is 6.92 Å². The number of allylic oxidation sites excluding steroid dienone is 2. The third-order valence-electron chi connectivity index (χ3n) is 3.24. The number of phenols is 3. The highest BCUT2D eigenvalue weighted by Gasteiger charge is 2.06. The first-order chi connectivity index (χ1) is 10.3. The van der Waals surface area contributed by atoms with Crippen molar-refractivity contribution in [3.05, 3.63) is 63.2 Å². The second-order valence-electron chi connectivity index (χ2n) is 5.12. The fourth-order valence-corrected chi connectivity index (χ4v) is 2.53. The topological polar surface area (TPSA) is 60.7 Å². The average Bonchev–Trinajstić information content (AvgIpc) is 2.40. The lowest BCUT2D eigenvalue weighted by Gasteiger charge is -2.06. The van der Waals surface area contributed by atoms with Crippen LogP contribution in [0.2, 0.25) is 5.02 Å². The van der Waals surface area contributed by atoms with Crippen LogP contribution in [0.3, 0.4) is 0 Å². The van der Waals surface area contributed by atoms with Crippen molar-refractivity contribution in [3.63, 3.8) is 0 Å². The molecule has 2 aromatic rings. The predicted octanol–water partition coefficient (Wildman–Crippen LogP) is 4.67. The highest BCUT2D eigenvalue weighted by Crippen LogP contribution is 2.27. The van der Waals surface area contributed by atoms with E-state index in [1.807, 2.05) is 13.0 Å². The smallest absolute Gasteiger partial charge is 0.120 e. The fraction of sp³-hybridized carbons (Fsp3) is 0.176. The third-order valence-corrected chi connectivity index (χ3v) is 3.93. The minimum Gasteiger partial charge on any atom is -0.508 e. The maximum atomic E-state index is 9.87. The minimum atomic E-state index is -0.00885. The van der Waals surface area contributed by atoms with Gasteiger partial charge in [0.1, 0.15) is 17.2 Å². The maximum absolute atomic E-state index is 9.87. The first-order valence-corrected chi connectivity index (χ1v) is 7.45. The lowest BCUT2D eigenvalue weighted by molar-refractivity contribution is 0.449. The molecule has 0 saturated carbocycles. The highest BCUT2D eigenvalue weighted by atomic mass is 35.5. The molecule has 0 atom stereocenters. The molecule has 3 N–H and O–H groups in total. The second kappa shape index (κ2) is 6.95. The van der Waals surface area contributed by atoms with Gasteiger partial charge < -0.3 is 15.3 Å². The summed E-state index contributed by atoms with van der Waals surface area (Å²) < 4.78 is 0. The molecule has 0 aliphatic carbocycles. The van der Waals surface area contributed by atoms with Crippen LogP contribution < -0.4 is 0 Å². The first-order valence-electron chi connectivity index (χ1n) is 6.69. The summed E-state index contributed by atoms with van der Waals surface area (Å²) in [5, 5.41) is 29.8. The van der Waals surface area contributed by atoms with Crippen LogP contribution in [0.1, 0.15) is 16.7 Å². The van der Waals surface area contributed by atoms with E-state index in [1.165, 1.54) is 12.1 Å². The van der Waals surface area contributed by atoms with E-state index in [4.69, 9.17) is 23.2 Å². The van der Waals surface area contributed by atoms with Gasteiger partial charge >= 0.3 is 0 Å². The van der Waals surface area contributed by atoms with E-state index in [0.29, 0.717) is 28.5 Å². The van der Waals surface area contributed by atoms with E-state index >= 15 is 0 Å². The molecule has 0 aromatic heterocycles. The number of aryl methyl sites for hydroxylation is 1. The fourth-order valence-electron chi connectivity index (χ4n) is 2.14. The normalized spacial score (nSPS) is 11.7. The zero-order chi connectivity index (χ0) is 16.3. The Hall–Kier alpha value is -1.84. The van der Waals surface area contributed by atoms with E-state index in [1.54, 1.807) is 18.2 Å². The Morgan fingerprint density at radius 3 is 2.32 bits per heavy atom. The summed E-state index contributed by atoms with van der Waals surface area (Å²) in [6.07, 6.45) is 2.63. The second-order valence-corrected chi connectivity index (χ2v) is 6.01. The van der Waals surface area contributed by atoms with Crippen LogP contribution in [0.4, 0.5) is 0 Å². The molecule has 0 radical (unpaired) electrons. The molecule has 0 unspecified atom stereocenters. The van der Waals surface area contributed by atoms with E-state index in [2.05, 4.69) is 0 Å².